The summed E-state index contributed by atoms with van der Waals surface area (Å²) in [4.78, 5) is 4.72. The first-order valence-corrected chi connectivity index (χ1v) is 7.02. The molecular weight excluding hydrogens is 238 g/mol. The SMILES string of the molecule is CC(NCC1CCCO1)c1nc2ccccc2n1C. The van der Waals surface area contributed by atoms with E-state index in [-0.39, 0.29) is 6.04 Å². The van der Waals surface area contributed by atoms with Crippen LogP contribution in [0.3, 0.4) is 0 Å². The van der Waals surface area contributed by atoms with Crippen LogP contribution in [0.15, 0.2) is 24.3 Å². The van der Waals surface area contributed by atoms with Crippen LogP contribution in [0.4, 0.5) is 0 Å². The minimum atomic E-state index is 0.238. The van der Waals surface area contributed by atoms with Crippen molar-refractivity contribution in [1.29, 1.82) is 0 Å². The third-order valence-electron chi connectivity index (χ3n) is 3.88. The number of nitrogens with zero attached hydrogens (tertiary/aromatic N) is 2. The van der Waals surface area contributed by atoms with Gasteiger partial charge in [0.15, 0.2) is 0 Å². The van der Waals surface area contributed by atoms with E-state index >= 15 is 0 Å². The van der Waals surface area contributed by atoms with Gasteiger partial charge in [-0.3, -0.25) is 0 Å². The summed E-state index contributed by atoms with van der Waals surface area (Å²) in [5.74, 6) is 1.08. The lowest BCUT2D eigenvalue weighted by atomic mass is 10.2. The largest absolute Gasteiger partial charge is 0.377 e. The molecule has 2 atom stereocenters. The third-order valence-corrected chi connectivity index (χ3v) is 3.88. The van der Waals surface area contributed by atoms with E-state index in [0.717, 1.165) is 24.5 Å². The molecule has 1 N–H and O–H groups in total. The van der Waals surface area contributed by atoms with Crippen molar-refractivity contribution >= 4 is 11.0 Å². The van der Waals surface area contributed by atoms with Gasteiger partial charge in [0, 0.05) is 20.2 Å². The molecule has 19 heavy (non-hydrogen) atoms. The van der Waals surface area contributed by atoms with Crippen LogP contribution < -0.4 is 5.32 Å². The standard InChI is InChI=1S/C15H21N3O/c1-11(16-10-12-6-5-9-19-12)15-17-13-7-3-4-8-14(13)18(15)2/h3-4,7-8,11-12,16H,5-6,9-10H2,1-2H3. The number of aromatic nitrogens is 2. The van der Waals surface area contributed by atoms with E-state index in [1.807, 2.05) is 6.07 Å². The topological polar surface area (TPSA) is 39.1 Å². The highest BCUT2D eigenvalue weighted by atomic mass is 16.5. The summed E-state index contributed by atoms with van der Waals surface area (Å²) < 4.78 is 7.81. The first-order chi connectivity index (χ1) is 9.25. The van der Waals surface area contributed by atoms with E-state index in [4.69, 9.17) is 9.72 Å². The fraction of sp³-hybridized carbons (Fsp3) is 0.533. The molecule has 2 unspecified atom stereocenters. The Bertz CT molecular complexity index is 558. The fourth-order valence-electron chi connectivity index (χ4n) is 2.76. The molecule has 1 saturated heterocycles. The summed E-state index contributed by atoms with van der Waals surface area (Å²) in [7, 11) is 2.08. The van der Waals surface area contributed by atoms with Crippen molar-refractivity contribution in [3.63, 3.8) is 0 Å². The quantitative estimate of drug-likeness (QED) is 0.916. The predicted molar refractivity (Wildman–Crippen MR) is 76.1 cm³/mol. The van der Waals surface area contributed by atoms with Crippen molar-refractivity contribution in [3.8, 4) is 0 Å². The lowest BCUT2D eigenvalue weighted by molar-refractivity contribution is 0.107. The van der Waals surface area contributed by atoms with Crippen LogP contribution in [0.1, 0.15) is 31.6 Å². The van der Waals surface area contributed by atoms with Gasteiger partial charge in [-0.25, -0.2) is 4.98 Å². The second-order valence-corrected chi connectivity index (χ2v) is 5.28. The zero-order valence-electron chi connectivity index (χ0n) is 11.6. The highest BCUT2D eigenvalue weighted by molar-refractivity contribution is 5.75. The number of benzene rings is 1. The monoisotopic (exact) mass is 259 g/mol. The van der Waals surface area contributed by atoms with Crippen LogP contribution in [0.2, 0.25) is 0 Å². The Balaban J connectivity index is 1.73. The molecule has 0 radical (unpaired) electrons. The molecule has 1 aliphatic rings. The number of ether oxygens (including phenoxy) is 1. The Kier molecular flexibility index (Phi) is 3.53. The highest BCUT2D eigenvalue weighted by Crippen LogP contribution is 2.19. The minimum absolute atomic E-state index is 0.238. The Labute approximate surface area is 113 Å². The average molecular weight is 259 g/mol. The molecule has 2 aromatic rings. The van der Waals surface area contributed by atoms with E-state index in [2.05, 4.69) is 42.1 Å². The molecule has 4 nitrogen and oxygen atoms in total. The van der Waals surface area contributed by atoms with Gasteiger partial charge in [0.1, 0.15) is 5.82 Å². The van der Waals surface area contributed by atoms with Gasteiger partial charge in [-0.05, 0) is 31.9 Å². The average Bonchev–Trinajstić information content (AvgIpc) is 3.05. The Morgan fingerprint density at radius 3 is 3.05 bits per heavy atom. The molecule has 102 valence electrons. The van der Waals surface area contributed by atoms with Gasteiger partial charge in [-0.15, -0.1) is 0 Å². The fourth-order valence-corrected chi connectivity index (χ4v) is 2.76. The number of fused-ring (bicyclic) bond motifs is 1. The maximum Gasteiger partial charge on any atom is 0.126 e. The molecule has 0 saturated carbocycles. The smallest absolute Gasteiger partial charge is 0.126 e. The van der Waals surface area contributed by atoms with Gasteiger partial charge in [-0.2, -0.15) is 0 Å². The number of aryl methyl sites for hydroxylation is 1. The van der Waals surface area contributed by atoms with Crippen molar-refractivity contribution in [2.75, 3.05) is 13.2 Å². The van der Waals surface area contributed by atoms with E-state index in [1.54, 1.807) is 0 Å². The predicted octanol–water partition coefficient (Wildman–Crippen LogP) is 2.40. The summed E-state index contributed by atoms with van der Waals surface area (Å²) in [5.41, 5.74) is 2.24. The first kappa shape index (κ1) is 12.6. The number of hydrogen-bond acceptors (Lipinski definition) is 3. The van der Waals surface area contributed by atoms with Crippen LogP contribution in [-0.4, -0.2) is 28.8 Å². The minimum Gasteiger partial charge on any atom is -0.377 e. The maximum atomic E-state index is 5.64. The third kappa shape index (κ3) is 2.51. The molecule has 1 aromatic carbocycles. The van der Waals surface area contributed by atoms with Gasteiger partial charge >= 0.3 is 0 Å². The Morgan fingerprint density at radius 1 is 1.47 bits per heavy atom. The normalized spacial score (nSPS) is 21.1. The van der Waals surface area contributed by atoms with Crippen molar-refractivity contribution < 1.29 is 4.74 Å². The number of para-hydroxylation sites is 2. The lowest BCUT2D eigenvalue weighted by Gasteiger charge is -2.16. The number of hydrogen-bond donors (Lipinski definition) is 1. The molecule has 4 heteroatoms. The molecule has 2 heterocycles. The highest BCUT2D eigenvalue weighted by Gasteiger charge is 2.18. The van der Waals surface area contributed by atoms with E-state index in [0.29, 0.717) is 6.10 Å². The number of nitrogens with one attached hydrogen (secondary N) is 1. The van der Waals surface area contributed by atoms with Gasteiger partial charge in [-0.1, -0.05) is 12.1 Å². The zero-order chi connectivity index (χ0) is 13.2. The van der Waals surface area contributed by atoms with Gasteiger partial charge in [0.2, 0.25) is 0 Å². The van der Waals surface area contributed by atoms with Crippen LogP contribution in [-0.2, 0) is 11.8 Å². The summed E-state index contributed by atoms with van der Waals surface area (Å²) in [5, 5.41) is 3.53. The summed E-state index contributed by atoms with van der Waals surface area (Å²) >= 11 is 0. The Morgan fingerprint density at radius 2 is 2.32 bits per heavy atom. The van der Waals surface area contributed by atoms with Crippen LogP contribution in [0.25, 0.3) is 11.0 Å². The molecule has 3 rings (SSSR count). The Hall–Kier alpha value is -1.39. The molecule has 1 aromatic heterocycles. The summed E-state index contributed by atoms with van der Waals surface area (Å²) in [6, 6.07) is 8.49. The van der Waals surface area contributed by atoms with Gasteiger partial charge in [0.25, 0.3) is 0 Å². The summed E-state index contributed by atoms with van der Waals surface area (Å²) in [6.45, 7) is 3.98. The van der Waals surface area contributed by atoms with E-state index < -0.39 is 0 Å². The molecule has 1 aliphatic heterocycles. The van der Waals surface area contributed by atoms with E-state index in [1.165, 1.54) is 18.4 Å². The van der Waals surface area contributed by atoms with Crippen molar-refractivity contribution in [2.45, 2.75) is 31.9 Å². The van der Waals surface area contributed by atoms with Gasteiger partial charge < -0.3 is 14.6 Å². The summed E-state index contributed by atoms with van der Waals surface area (Å²) in [6.07, 6.45) is 2.73. The maximum absolute atomic E-state index is 5.64. The van der Waals surface area contributed by atoms with Crippen LogP contribution >= 0.6 is 0 Å². The van der Waals surface area contributed by atoms with Crippen LogP contribution in [0, 0.1) is 0 Å². The van der Waals surface area contributed by atoms with Crippen molar-refractivity contribution in [1.82, 2.24) is 14.9 Å². The van der Waals surface area contributed by atoms with Gasteiger partial charge in [0.05, 0.1) is 23.2 Å². The van der Waals surface area contributed by atoms with Crippen molar-refractivity contribution in [3.05, 3.63) is 30.1 Å². The first-order valence-electron chi connectivity index (χ1n) is 7.02. The van der Waals surface area contributed by atoms with E-state index in [9.17, 15) is 0 Å². The zero-order valence-corrected chi connectivity index (χ0v) is 11.6. The number of rotatable bonds is 4. The van der Waals surface area contributed by atoms with Crippen LogP contribution in [0.5, 0.6) is 0 Å². The molecule has 0 aliphatic carbocycles. The molecular formula is C15H21N3O. The molecule has 0 amide bonds. The lowest BCUT2D eigenvalue weighted by Crippen LogP contribution is -2.29. The second-order valence-electron chi connectivity index (χ2n) is 5.28. The number of imidazole rings is 1. The molecule has 0 spiro atoms. The molecule has 1 fully saturated rings. The second kappa shape index (κ2) is 5.31. The van der Waals surface area contributed by atoms with Crippen molar-refractivity contribution in [2.24, 2.45) is 7.05 Å². The molecule has 0 bridgehead atoms.